The van der Waals surface area contributed by atoms with Crippen LogP contribution in [0.4, 0.5) is 17.1 Å². The molecular formula is C75H75LiN6O11. The maximum Gasteiger partial charge on any atom is 1.00 e. The number of rotatable bonds is 13. The third-order valence-electron chi connectivity index (χ3n) is 13.8. The third kappa shape index (κ3) is 24.4. The predicted octanol–water partition coefficient (Wildman–Crippen LogP) is 8.39. The number of carbonyl (C=O) groups excluding carboxylic acids is 8. The van der Waals surface area contributed by atoms with E-state index in [9.17, 15) is 53.4 Å². The van der Waals surface area contributed by atoms with Gasteiger partial charge in [0.15, 0.2) is 0 Å². The van der Waals surface area contributed by atoms with Gasteiger partial charge in [0.1, 0.15) is 0 Å². The Morgan fingerprint density at radius 2 is 0.624 bits per heavy atom. The van der Waals surface area contributed by atoms with Crippen molar-refractivity contribution in [2.24, 2.45) is 0 Å². The number of amides is 7. The van der Waals surface area contributed by atoms with Crippen molar-refractivity contribution in [3.05, 3.63) is 302 Å². The summed E-state index contributed by atoms with van der Waals surface area (Å²) in [5.41, 5.74) is 13.6. The smallest absolute Gasteiger partial charge is 0.545 e. The Kier molecular flexibility index (Phi) is 30.3. The molecule has 0 atom stereocenters. The van der Waals surface area contributed by atoms with Crippen LogP contribution in [0.25, 0.3) is 0 Å². The summed E-state index contributed by atoms with van der Waals surface area (Å²) in [6.45, 7) is 10.6. The molecule has 93 heavy (non-hydrogen) atoms. The van der Waals surface area contributed by atoms with Gasteiger partial charge in [-0.2, -0.15) is 0 Å². The number of carboxylic acid groups (broad SMARTS) is 2. The van der Waals surface area contributed by atoms with Crippen molar-refractivity contribution in [2.75, 3.05) is 36.7 Å². The molecule has 7 amide bonds. The number of nitrogens with one attached hydrogen (secondary N) is 5. The van der Waals surface area contributed by atoms with E-state index in [-0.39, 0.29) is 70.7 Å². The minimum Gasteiger partial charge on any atom is -0.545 e. The van der Waals surface area contributed by atoms with Crippen molar-refractivity contribution in [3.8, 4) is 0 Å². The minimum absolute atomic E-state index is 0. The molecule has 17 nitrogen and oxygen atoms in total. The Bertz CT molecular complexity index is 3760. The topological polar surface area (TPSA) is 260 Å². The maximum atomic E-state index is 12.5. The van der Waals surface area contributed by atoms with E-state index in [0.717, 1.165) is 36.0 Å². The van der Waals surface area contributed by atoms with Crippen LogP contribution in [0.1, 0.15) is 133 Å². The molecule has 0 unspecified atom stereocenters. The fraction of sp³-hybridized carbons (Fsp3) is 0.160. The van der Waals surface area contributed by atoms with E-state index in [4.69, 9.17) is 0 Å². The molecule has 0 bridgehead atoms. The first-order chi connectivity index (χ1) is 44.0. The first-order valence-electron chi connectivity index (χ1n) is 29.2. The zero-order valence-corrected chi connectivity index (χ0v) is 53.9. The number of carboxylic acids is 2. The van der Waals surface area contributed by atoms with Gasteiger partial charge >= 0.3 is 24.8 Å². The first kappa shape index (κ1) is 74.5. The summed E-state index contributed by atoms with van der Waals surface area (Å²) in [7, 11) is 4.80. The number of imide groups is 1. The van der Waals surface area contributed by atoms with Crippen molar-refractivity contribution in [3.63, 3.8) is 0 Å². The maximum absolute atomic E-state index is 12.5. The Morgan fingerprint density at radius 1 is 0.376 bits per heavy atom. The Hall–Kier alpha value is -11.0. The molecule has 6 N–H and O–H groups in total. The molecule has 9 aromatic carbocycles. The SMILES string of the molecule is CNC(C)=O.CNC(C)=O.CNC(C)=O.Cc1ccc(Cc2ccc(N3C(=O)c4ccccc4C3=O)cc2)cc1.Cc1ccc(Cc2ccc(NC(=O)c3ccccc3C(=O)O)cc2)cc1.Cc1ccc(Cc2ccc(NC(=O)c3ccccc3C(=O)[O-])cc2)cc1.[Li+]. The molecule has 18 heteroatoms. The van der Waals surface area contributed by atoms with Crippen molar-refractivity contribution in [1.29, 1.82) is 0 Å². The number of hydrogen-bond donors (Lipinski definition) is 6. The third-order valence-corrected chi connectivity index (χ3v) is 13.8. The summed E-state index contributed by atoms with van der Waals surface area (Å²) < 4.78 is 0. The molecule has 0 aromatic heterocycles. The van der Waals surface area contributed by atoms with Gasteiger partial charge in [-0.05, 0) is 140 Å². The number of aromatic carboxylic acids is 2. The van der Waals surface area contributed by atoms with E-state index in [1.54, 1.807) is 69.7 Å². The van der Waals surface area contributed by atoms with Gasteiger partial charge in [0, 0.05) is 64.4 Å². The van der Waals surface area contributed by atoms with E-state index in [1.165, 1.54) is 83.3 Å². The zero-order valence-electron chi connectivity index (χ0n) is 53.9. The summed E-state index contributed by atoms with van der Waals surface area (Å²) >= 11 is 0. The second kappa shape index (κ2) is 37.9. The standard InChI is InChI=1S/2C22H19NO3.C22H17NO2.3C3H7NO.Li/c2*1-15-6-8-16(9-7-15)14-17-10-12-18(13-11-17)23-21(24)19-4-2-3-5-20(19)22(25)26;1-15-6-8-16(9-7-15)14-17-10-12-18(13-11-17)23-21(24)19-4-2-3-5-20(19)22(23)25;3*1-3(5)4-2;/h2*2-13H,14H2,1H3,(H,23,24)(H,25,26);2-13H,14H2,1H3;3*1-2H3,(H,4,5);/q;;;;;;+1/p-1. The molecule has 0 saturated carbocycles. The van der Waals surface area contributed by atoms with Crippen LogP contribution in [-0.2, 0) is 33.6 Å². The molecule has 0 fully saturated rings. The number of nitrogens with zero attached hydrogens (tertiary/aromatic N) is 1. The van der Waals surface area contributed by atoms with Gasteiger partial charge in [-0.15, -0.1) is 0 Å². The summed E-state index contributed by atoms with van der Waals surface area (Å²) in [6.07, 6.45) is 2.45. The van der Waals surface area contributed by atoms with Crippen LogP contribution >= 0.6 is 0 Å². The number of fused-ring (bicyclic) bond motifs is 1. The van der Waals surface area contributed by atoms with Gasteiger partial charge in [-0.25, -0.2) is 9.69 Å². The van der Waals surface area contributed by atoms with Gasteiger partial charge in [-0.1, -0.05) is 168 Å². The van der Waals surface area contributed by atoms with E-state index in [1.807, 2.05) is 72.8 Å². The van der Waals surface area contributed by atoms with E-state index < -0.39 is 23.8 Å². The monoisotopic (exact) mass is 1240 g/mol. The Morgan fingerprint density at radius 3 is 0.903 bits per heavy atom. The van der Waals surface area contributed by atoms with Crippen molar-refractivity contribution >= 4 is 70.4 Å². The van der Waals surface area contributed by atoms with Crippen molar-refractivity contribution in [2.45, 2.75) is 60.8 Å². The van der Waals surface area contributed by atoms with Crippen LogP contribution in [0.3, 0.4) is 0 Å². The van der Waals surface area contributed by atoms with Gasteiger partial charge in [0.25, 0.3) is 23.6 Å². The van der Waals surface area contributed by atoms with E-state index >= 15 is 0 Å². The number of hydrogen-bond acceptors (Lipinski definition) is 10. The minimum atomic E-state index is -1.37. The molecule has 472 valence electrons. The van der Waals surface area contributed by atoms with Crippen molar-refractivity contribution in [1.82, 2.24) is 16.0 Å². The zero-order chi connectivity index (χ0) is 67.3. The molecule has 1 aliphatic rings. The van der Waals surface area contributed by atoms with Crippen LogP contribution in [0.5, 0.6) is 0 Å². The largest absolute Gasteiger partial charge is 1.00 e. The van der Waals surface area contributed by atoms with Gasteiger partial charge in [0.2, 0.25) is 17.7 Å². The molecule has 10 rings (SSSR count). The number of aryl methyl sites for hydroxylation is 3. The quantitative estimate of drug-likeness (QED) is 0.0472. The second-order valence-corrected chi connectivity index (χ2v) is 21.0. The predicted molar refractivity (Wildman–Crippen MR) is 358 cm³/mol. The molecule has 1 heterocycles. The van der Waals surface area contributed by atoms with Crippen LogP contribution < -0.4 is 55.5 Å². The average molecular weight is 1240 g/mol. The Balaban J connectivity index is 0.000000266. The summed E-state index contributed by atoms with van der Waals surface area (Å²) in [5, 5.41) is 33.0. The average Bonchev–Trinajstić information content (AvgIpc) is 1.65. The van der Waals surface area contributed by atoms with Gasteiger partial charge in [0.05, 0.1) is 33.9 Å². The fourth-order valence-corrected chi connectivity index (χ4v) is 8.55. The van der Waals surface area contributed by atoms with Crippen LogP contribution in [-0.4, -0.2) is 79.5 Å². The summed E-state index contributed by atoms with van der Waals surface area (Å²) in [6, 6.07) is 67.0. The molecule has 0 saturated heterocycles. The van der Waals surface area contributed by atoms with E-state index in [0.29, 0.717) is 28.2 Å². The van der Waals surface area contributed by atoms with Crippen LogP contribution in [0.2, 0.25) is 0 Å². The second-order valence-electron chi connectivity index (χ2n) is 21.0. The first-order valence-corrected chi connectivity index (χ1v) is 29.2. The number of benzene rings is 9. The van der Waals surface area contributed by atoms with Gasteiger partial charge < -0.3 is 41.6 Å². The number of carbonyl (C=O) groups is 9. The number of anilines is 3. The van der Waals surface area contributed by atoms with Crippen molar-refractivity contribution < 1.29 is 72.2 Å². The molecular weight excluding hydrogens is 1170 g/mol. The molecule has 0 radical (unpaired) electrons. The Labute approximate surface area is 554 Å². The molecule has 0 spiro atoms. The molecule has 1 aliphatic heterocycles. The normalized spacial score (nSPS) is 10.4. The van der Waals surface area contributed by atoms with Crippen LogP contribution in [0, 0.1) is 20.8 Å². The fourth-order valence-electron chi connectivity index (χ4n) is 8.55. The molecule has 9 aromatic rings. The van der Waals surface area contributed by atoms with E-state index in [2.05, 4.69) is 120 Å². The summed E-state index contributed by atoms with van der Waals surface area (Å²) in [4.78, 5) is 102. The summed E-state index contributed by atoms with van der Waals surface area (Å²) in [5.74, 6) is -3.91. The van der Waals surface area contributed by atoms with Crippen LogP contribution in [0.15, 0.2) is 218 Å². The molecule has 0 aliphatic carbocycles. The van der Waals surface area contributed by atoms with Gasteiger partial charge in [-0.3, -0.25) is 33.6 Å².